The van der Waals surface area contributed by atoms with Crippen molar-refractivity contribution < 1.29 is 4.79 Å². The number of hydrogen-bond donors (Lipinski definition) is 2. The Morgan fingerprint density at radius 3 is 2.19 bits per heavy atom. The van der Waals surface area contributed by atoms with E-state index in [2.05, 4.69) is 32.2 Å². The van der Waals surface area contributed by atoms with Crippen LogP contribution in [0, 0.1) is 25.2 Å². The van der Waals surface area contributed by atoms with Crippen LogP contribution in [-0.4, -0.2) is 12.5 Å². The Balaban J connectivity index is 2.57. The highest BCUT2D eigenvalue weighted by atomic mass is 16.1. The third-order valence-electron chi connectivity index (χ3n) is 3.97. The Bertz CT molecular complexity index is 454. The Morgan fingerprint density at radius 2 is 1.71 bits per heavy atom. The summed E-state index contributed by atoms with van der Waals surface area (Å²) in [6, 6.07) is 6.12. The molecule has 0 heterocycles. The van der Waals surface area contributed by atoms with Crippen LogP contribution in [0.3, 0.4) is 0 Å². The van der Waals surface area contributed by atoms with Gasteiger partial charge in [-0.25, -0.2) is 0 Å². The van der Waals surface area contributed by atoms with Crippen LogP contribution in [0.25, 0.3) is 0 Å². The molecule has 1 amide bonds. The van der Waals surface area contributed by atoms with Crippen LogP contribution in [0.2, 0.25) is 0 Å². The molecule has 1 aromatic carbocycles. The van der Waals surface area contributed by atoms with E-state index in [1.807, 2.05) is 26.0 Å². The van der Waals surface area contributed by atoms with Gasteiger partial charge in [-0.05, 0) is 67.8 Å². The zero-order chi connectivity index (χ0) is 16.0. The third-order valence-corrected chi connectivity index (χ3v) is 3.97. The summed E-state index contributed by atoms with van der Waals surface area (Å²) in [4.78, 5) is 12.1. The summed E-state index contributed by atoms with van der Waals surface area (Å²) in [6.07, 6.45) is 2.41. The average molecular weight is 290 g/mol. The number of amides is 1. The van der Waals surface area contributed by atoms with E-state index < -0.39 is 0 Å². The highest BCUT2D eigenvalue weighted by Crippen LogP contribution is 2.32. The largest absolute Gasteiger partial charge is 0.330 e. The monoisotopic (exact) mass is 290 g/mol. The Morgan fingerprint density at radius 1 is 1.14 bits per heavy atom. The lowest BCUT2D eigenvalue weighted by Crippen LogP contribution is -2.25. The number of aryl methyl sites for hydroxylation is 2. The number of nitrogens with one attached hydrogen (secondary N) is 1. The molecule has 0 radical (unpaired) electrons. The van der Waals surface area contributed by atoms with E-state index >= 15 is 0 Å². The van der Waals surface area contributed by atoms with E-state index in [9.17, 15) is 4.79 Å². The maximum Gasteiger partial charge on any atom is 0.224 e. The van der Waals surface area contributed by atoms with E-state index in [4.69, 9.17) is 5.73 Å². The molecule has 0 spiro atoms. The first-order valence-corrected chi connectivity index (χ1v) is 7.80. The van der Waals surface area contributed by atoms with Crippen LogP contribution in [0.4, 0.5) is 5.69 Å². The highest BCUT2D eigenvalue weighted by Gasteiger charge is 2.24. The van der Waals surface area contributed by atoms with Crippen molar-refractivity contribution in [3.8, 4) is 0 Å². The number of carbonyl (C=O) groups is 1. The topological polar surface area (TPSA) is 55.1 Å². The predicted octanol–water partition coefficient (Wildman–Crippen LogP) is 4.03. The minimum atomic E-state index is 0.0891. The van der Waals surface area contributed by atoms with Gasteiger partial charge in [0.15, 0.2) is 0 Å². The van der Waals surface area contributed by atoms with Gasteiger partial charge < -0.3 is 11.1 Å². The SMILES string of the molecule is Cc1cc(C)cc(NC(=O)CCC(CCN)C(C)(C)C)c1. The molecular weight excluding hydrogens is 260 g/mol. The molecule has 3 nitrogen and oxygen atoms in total. The molecule has 0 saturated carbocycles. The second-order valence-electron chi connectivity index (χ2n) is 7.10. The van der Waals surface area contributed by atoms with Crippen molar-refractivity contribution in [1.82, 2.24) is 0 Å². The second-order valence-corrected chi connectivity index (χ2v) is 7.10. The third kappa shape index (κ3) is 6.30. The lowest BCUT2D eigenvalue weighted by atomic mass is 9.76. The fraction of sp³-hybridized carbons (Fsp3) is 0.611. The molecule has 1 unspecified atom stereocenters. The van der Waals surface area contributed by atoms with Gasteiger partial charge in [0.1, 0.15) is 0 Å². The molecule has 0 aliphatic rings. The van der Waals surface area contributed by atoms with Gasteiger partial charge in [-0.15, -0.1) is 0 Å². The summed E-state index contributed by atoms with van der Waals surface area (Å²) in [5.41, 5.74) is 9.11. The van der Waals surface area contributed by atoms with Crippen molar-refractivity contribution in [2.24, 2.45) is 17.1 Å². The van der Waals surface area contributed by atoms with Crippen LogP contribution >= 0.6 is 0 Å². The molecule has 21 heavy (non-hydrogen) atoms. The number of benzene rings is 1. The Hall–Kier alpha value is -1.35. The zero-order valence-corrected chi connectivity index (χ0v) is 14.1. The number of hydrogen-bond acceptors (Lipinski definition) is 2. The van der Waals surface area contributed by atoms with Crippen molar-refractivity contribution in [3.05, 3.63) is 29.3 Å². The fourth-order valence-corrected chi connectivity index (χ4v) is 2.79. The summed E-state index contributed by atoms with van der Waals surface area (Å²) >= 11 is 0. The molecule has 0 saturated heterocycles. The average Bonchev–Trinajstić information content (AvgIpc) is 2.31. The molecule has 0 aliphatic heterocycles. The fourth-order valence-electron chi connectivity index (χ4n) is 2.79. The van der Waals surface area contributed by atoms with Crippen molar-refractivity contribution in [2.75, 3.05) is 11.9 Å². The summed E-state index contributed by atoms with van der Waals surface area (Å²) in [6.45, 7) is 11.4. The number of rotatable bonds is 6. The van der Waals surface area contributed by atoms with Gasteiger partial charge in [0.05, 0.1) is 0 Å². The Labute approximate surface area is 129 Å². The van der Waals surface area contributed by atoms with Crippen molar-refractivity contribution in [3.63, 3.8) is 0 Å². The summed E-state index contributed by atoms with van der Waals surface area (Å²) in [7, 11) is 0. The molecular formula is C18H30N2O. The highest BCUT2D eigenvalue weighted by molar-refractivity contribution is 5.90. The van der Waals surface area contributed by atoms with E-state index in [-0.39, 0.29) is 11.3 Å². The molecule has 118 valence electrons. The normalized spacial score (nSPS) is 13.0. The van der Waals surface area contributed by atoms with Crippen molar-refractivity contribution >= 4 is 11.6 Å². The van der Waals surface area contributed by atoms with E-state index in [1.54, 1.807) is 0 Å². The van der Waals surface area contributed by atoms with E-state index in [0.717, 1.165) is 18.5 Å². The van der Waals surface area contributed by atoms with Gasteiger partial charge in [-0.1, -0.05) is 26.8 Å². The molecule has 0 fully saturated rings. The summed E-state index contributed by atoms with van der Waals surface area (Å²) in [5, 5.41) is 3.00. The van der Waals surface area contributed by atoms with Gasteiger partial charge in [0, 0.05) is 12.1 Å². The molecule has 0 aliphatic carbocycles. The number of anilines is 1. The van der Waals surface area contributed by atoms with E-state index in [1.165, 1.54) is 11.1 Å². The zero-order valence-electron chi connectivity index (χ0n) is 14.1. The van der Waals surface area contributed by atoms with Crippen LogP contribution in [-0.2, 0) is 4.79 Å². The molecule has 0 bridgehead atoms. The second kappa shape index (κ2) is 7.60. The van der Waals surface area contributed by atoms with Gasteiger partial charge in [0.2, 0.25) is 5.91 Å². The van der Waals surface area contributed by atoms with Crippen molar-refractivity contribution in [1.29, 1.82) is 0 Å². The first-order chi connectivity index (χ1) is 9.72. The maximum absolute atomic E-state index is 12.1. The van der Waals surface area contributed by atoms with Gasteiger partial charge in [-0.2, -0.15) is 0 Å². The lowest BCUT2D eigenvalue weighted by molar-refractivity contribution is -0.116. The molecule has 1 rings (SSSR count). The maximum atomic E-state index is 12.1. The van der Waals surface area contributed by atoms with Gasteiger partial charge in [0.25, 0.3) is 0 Å². The predicted molar refractivity (Wildman–Crippen MR) is 90.4 cm³/mol. The van der Waals surface area contributed by atoms with Gasteiger partial charge in [-0.3, -0.25) is 4.79 Å². The van der Waals surface area contributed by atoms with Crippen LogP contribution in [0.1, 0.15) is 51.2 Å². The molecule has 3 N–H and O–H groups in total. The quantitative estimate of drug-likeness (QED) is 0.831. The minimum absolute atomic E-state index is 0.0891. The van der Waals surface area contributed by atoms with Crippen LogP contribution in [0.15, 0.2) is 18.2 Å². The van der Waals surface area contributed by atoms with Crippen LogP contribution < -0.4 is 11.1 Å². The van der Waals surface area contributed by atoms with E-state index in [0.29, 0.717) is 18.9 Å². The first-order valence-electron chi connectivity index (χ1n) is 7.80. The Kier molecular flexibility index (Phi) is 6.41. The summed E-state index contributed by atoms with van der Waals surface area (Å²) in [5.74, 6) is 0.568. The molecule has 0 aromatic heterocycles. The standard InChI is InChI=1S/C18H30N2O/c1-13-10-14(2)12-16(11-13)20-17(21)7-6-15(8-9-19)18(3,4)5/h10-12,15H,6-9,19H2,1-5H3,(H,20,21). The van der Waals surface area contributed by atoms with Crippen LogP contribution in [0.5, 0.6) is 0 Å². The number of carbonyl (C=O) groups excluding carboxylic acids is 1. The smallest absolute Gasteiger partial charge is 0.224 e. The first kappa shape index (κ1) is 17.7. The van der Waals surface area contributed by atoms with Crippen molar-refractivity contribution in [2.45, 2.75) is 53.9 Å². The molecule has 1 atom stereocenters. The summed E-state index contributed by atoms with van der Waals surface area (Å²) < 4.78 is 0. The van der Waals surface area contributed by atoms with Gasteiger partial charge >= 0.3 is 0 Å². The minimum Gasteiger partial charge on any atom is -0.330 e. The molecule has 3 heteroatoms. The lowest BCUT2D eigenvalue weighted by Gasteiger charge is -2.30. The number of nitrogens with two attached hydrogens (primary N) is 1. The molecule has 1 aromatic rings.